The Morgan fingerprint density at radius 1 is 1.31 bits per heavy atom. The fraction of sp³-hybridized carbons (Fsp3) is 1.00. The van der Waals surface area contributed by atoms with Crippen molar-refractivity contribution in [3.05, 3.63) is 0 Å². The summed E-state index contributed by atoms with van der Waals surface area (Å²) in [6, 6.07) is 0. The smallest absolute Gasteiger partial charge is 0.228 e. The van der Waals surface area contributed by atoms with Crippen molar-refractivity contribution in [1.82, 2.24) is 4.31 Å². The number of rotatable bonds is 3. The summed E-state index contributed by atoms with van der Waals surface area (Å²) in [6.07, 6.45) is 1.65. The van der Waals surface area contributed by atoms with Crippen molar-refractivity contribution in [2.45, 2.75) is 18.2 Å². The van der Waals surface area contributed by atoms with Crippen LogP contribution < -0.4 is 0 Å². The highest BCUT2D eigenvalue weighted by Crippen LogP contribution is 2.25. The second-order valence-electron chi connectivity index (χ2n) is 4.30. The molecule has 2 unspecified atom stereocenters. The third-order valence-corrected chi connectivity index (χ3v) is 7.90. The molecule has 2 atom stereocenters. The fourth-order valence-corrected chi connectivity index (χ4v) is 5.65. The number of hydrogen-bond acceptors (Lipinski definition) is 4. The molecule has 5 nitrogen and oxygen atoms in total. The number of alkyl halides is 1. The second-order valence-corrected chi connectivity index (χ2v) is 9.95. The maximum absolute atomic E-state index is 11.8. The van der Waals surface area contributed by atoms with Crippen LogP contribution in [-0.4, -0.2) is 50.4 Å². The molecule has 16 heavy (non-hydrogen) atoms. The zero-order valence-electron chi connectivity index (χ0n) is 9.26. The largest absolute Gasteiger partial charge is 0.228 e. The summed E-state index contributed by atoms with van der Waals surface area (Å²) >= 11 is 3.47. The van der Waals surface area contributed by atoms with E-state index in [0.29, 0.717) is 24.3 Å². The molecule has 0 spiro atoms. The lowest BCUT2D eigenvalue weighted by Gasteiger charge is -2.33. The second kappa shape index (κ2) is 4.91. The van der Waals surface area contributed by atoms with Gasteiger partial charge in [-0.3, -0.25) is 0 Å². The molecule has 0 aliphatic carbocycles. The molecule has 0 radical (unpaired) electrons. The third kappa shape index (κ3) is 3.97. The van der Waals surface area contributed by atoms with Gasteiger partial charge in [0.25, 0.3) is 0 Å². The lowest BCUT2D eigenvalue weighted by Crippen LogP contribution is -2.45. The van der Waals surface area contributed by atoms with Gasteiger partial charge >= 0.3 is 0 Å². The molecular formula is C8H16BrNO4S2. The number of sulfone groups is 1. The Hall–Kier alpha value is 0.340. The average molecular weight is 334 g/mol. The minimum absolute atomic E-state index is 0.197. The predicted octanol–water partition coefficient (Wildman–Crippen LogP) is 0.424. The highest BCUT2D eigenvalue weighted by atomic mass is 79.9. The predicted molar refractivity (Wildman–Crippen MR) is 66.7 cm³/mol. The molecule has 0 bridgehead atoms. The van der Waals surface area contributed by atoms with Crippen LogP contribution in [0.25, 0.3) is 0 Å². The van der Waals surface area contributed by atoms with Crippen LogP contribution in [0.1, 0.15) is 13.3 Å². The fourth-order valence-electron chi connectivity index (χ4n) is 1.68. The van der Waals surface area contributed by atoms with Gasteiger partial charge in [0.05, 0.1) is 0 Å². The molecule has 1 rings (SSSR count). The highest BCUT2D eigenvalue weighted by Gasteiger charge is 2.33. The van der Waals surface area contributed by atoms with Crippen LogP contribution in [0.3, 0.4) is 0 Å². The van der Waals surface area contributed by atoms with E-state index < -0.39 is 24.9 Å². The Morgan fingerprint density at radius 2 is 1.88 bits per heavy atom. The summed E-state index contributed by atoms with van der Waals surface area (Å²) in [5, 5.41) is -0.792. The summed E-state index contributed by atoms with van der Waals surface area (Å²) in [4.78, 5) is 0.303. The topological polar surface area (TPSA) is 71.5 Å². The van der Waals surface area contributed by atoms with Crippen molar-refractivity contribution in [2.24, 2.45) is 5.92 Å². The van der Waals surface area contributed by atoms with Gasteiger partial charge < -0.3 is 0 Å². The zero-order valence-corrected chi connectivity index (χ0v) is 12.5. The van der Waals surface area contributed by atoms with Gasteiger partial charge in [-0.2, -0.15) is 0 Å². The van der Waals surface area contributed by atoms with E-state index in [0.717, 1.165) is 6.26 Å². The van der Waals surface area contributed by atoms with Gasteiger partial charge in [0.15, 0.2) is 14.9 Å². The molecule has 0 aromatic rings. The summed E-state index contributed by atoms with van der Waals surface area (Å²) in [5.41, 5.74) is 0. The van der Waals surface area contributed by atoms with Gasteiger partial charge in [0.1, 0.15) is 0 Å². The maximum Gasteiger partial charge on any atom is 0.228 e. The molecule has 0 aromatic heterocycles. The summed E-state index contributed by atoms with van der Waals surface area (Å²) in [7, 11) is -7.18. The Balaban J connectivity index is 2.79. The van der Waals surface area contributed by atoms with E-state index in [9.17, 15) is 16.8 Å². The molecule has 1 fully saturated rings. The van der Waals surface area contributed by atoms with Crippen LogP contribution in [0.4, 0.5) is 0 Å². The van der Waals surface area contributed by atoms with Crippen LogP contribution in [0.5, 0.6) is 0 Å². The third-order valence-electron chi connectivity index (χ3n) is 2.52. The molecule has 1 aliphatic heterocycles. The van der Waals surface area contributed by atoms with E-state index >= 15 is 0 Å². The normalized spacial score (nSPS) is 29.2. The Morgan fingerprint density at radius 3 is 2.31 bits per heavy atom. The summed E-state index contributed by atoms with van der Waals surface area (Å²) in [5.74, 6) is 0.197. The average Bonchev–Trinajstić information content (AvgIpc) is 2.05. The zero-order chi connectivity index (χ0) is 12.6. The molecule has 0 amide bonds. The van der Waals surface area contributed by atoms with Gasteiger partial charge in [-0.05, 0) is 12.3 Å². The van der Waals surface area contributed by atoms with Crippen LogP contribution >= 0.6 is 15.9 Å². The van der Waals surface area contributed by atoms with Crippen molar-refractivity contribution >= 4 is 35.8 Å². The lowest BCUT2D eigenvalue weighted by molar-refractivity contribution is 0.293. The maximum atomic E-state index is 11.8. The first-order valence-electron chi connectivity index (χ1n) is 4.91. The highest BCUT2D eigenvalue weighted by molar-refractivity contribution is 9.09. The molecule has 0 saturated carbocycles. The van der Waals surface area contributed by atoms with Crippen molar-refractivity contribution in [1.29, 1.82) is 0 Å². The van der Waals surface area contributed by atoms with Gasteiger partial charge in [-0.1, -0.05) is 22.9 Å². The van der Waals surface area contributed by atoms with Crippen LogP contribution in [0.2, 0.25) is 0 Å². The van der Waals surface area contributed by atoms with Crippen LogP contribution in [-0.2, 0) is 19.9 Å². The summed E-state index contributed by atoms with van der Waals surface area (Å²) in [6.45, 7) is 2.72. The molecule has 96 valence electrons. The first-order chi connectivity index (χ1) is 7.12. The monoisotopic (exact) mass is 333 g/mol. The van der Waals surface area contributed by atoms with Gasteiger partial charge in [0.2, 0.25) is 10.0 Å². The molecule has 1 aliphatic rings. The van der Waals surface area contributed by atoms with Crippen LogP contribution in [0.15, 0.2) is 0 Å². The first-order valence-corrected chi connectivity index (χ1v) is 9.50. The molecular weight excluding hydrogens is 318 g/mol. The van der Waals surface area contributed by atoms with E-state index in [2.05, 4.69) is 15.9 Å². The van der Waals surface area contributed by atoms with Crippen molar-refractivity contribution < 1.29 is 16.8 Å². The van der Waals surface area contributed by atoms with E-state index in [-0.39, 0.29) is 5.92 Å². The Labute approximate surface area is 105 Å². The minimum Gasteiger partial charge on any atom is -0.228 e. The first kappa shape index (κ1) is 14.4. The number of piperidine rings is 1. The number of nitrogens with zero attached hydrogens (tertiary/aromatic N) is 1. The number of hydrogen-bond donors (Lipinski definition) is 0. The van der Waals surface area contributed by atoms with Gasteiger partial charge in [0, 0.05) is 24.2 Å². The van der Waals surface area contributed by atoms with E-state index in [1.807, 2.05) is 6.92 Å². The quantitative estimate of drug-likeness (QED) is 0.702. The molecule has 0 N–H and O–H groups in total. The molecule has 8 heteroatoms. The summed E-state index contributed by atoms with van der Waals surface area (Å²) < 4.78 is 46.9. The Kier molecular flexibility index (Phi) is 4.42. The molecule has 1 saturated heterocycles. The molecule has 1 heterocycles. The van der Waals surface area contributed by atoms with Crippen molar-refractivity contribution in [3.8, 4) is 0 Å². The minimum atomic E-state index is -3.67. The number of sulfonamides is 1. The number of halogens is 1. The van der Waals surface area contributed by atoms with E-state index in [1.165, 1.54) is 4.31 Å². The molecule has 0 aromatic carbocycles. The van der Waals surface area contributed by atoms with Crippen molar-refractivity contribution in [3.63, 3.8) is 0 Å². The van der Waals surface area contributed by atoms with Crippen LogP contribution in [0, 0.1) is 5.92 Å². The van der Waals surface area contributed by atoms with E-state index in [4.69, 9.17) is 0 Å². The Bertz CT molecular complexity index is 445. The van der Waals surface area contributed by atoms with Gasteiger partial charge in [-0.15, -0.1) is 0 Å². The van der Waals surface area contributed by atoms with Crippen molar-refractivity contribution in [2.75, 3.05) is 24.4 Å². The standard InChI is InChI=1S/C8H16BrNO4S2/c1-7-5-10(4-3-8(7)9)16(13,14)6-15(2,11)12/h7-8H,3-6H2,1-2H3. The van der Waals surface area contributed by atoms with E-state index in [1.54, 1.807) is 0 Å². The lowest BCUT2D eigenvalue weighted by atomic mass is 10.0. The SMILES string of the molecule is CC1CN(S(=O)(=O)CS(C)(=O)=O)CCC1Br. The van der Waals surface area contributed by atoms with Gasteiger partial charge in [-0.25, -0.2) is 21.1 Å².